The Hall–Kier alpha value is -0.740. The van der Waals surface area contributed by atoms with E-state index in [0.717, 1.165) is 11.6 Å². The van der Waals surface area contributed by atoms with E-state index in [2.05, 4.69) is 5.10 Å². The minimum atomic E-state index is -4.24. The van der Waals surface area contributed by atoms with Gasteiger partial charge < -0.3 is 0 Å². The van der Waals surface area contributed by atoms with Crippen molar-refractivity contribution in [2.24, 2.45) is 11.0 Å². The van der Waals surface area contributed by atoms with Gasteiger partial charge in [0, 0.05) is 7.05 Å². The molecule has 0 amide bonds. The molecule has 5 heteroatoms. The number of rotatable bonds is 0. The second kappa shape index (κ2) is 2.14. The van der Waals surface area contributed by atoms with E-state index in [1.807, 2.05) is 6.21 Å². The lowest BCUT2D eigenvalue weighted by atomic mass is 10.2. The van der Waals surface area contributed by atoms with Gasteiger partial charge in [-0.05, 0) is 0 Å². The third-order valence-corrected chi connectivity index (χ3v) is 1.07. The molecule has 56 valence electrons. The van der Waals surface area contributed by atoms with Crippen LogP contribution in [0.15, 0.2) is 5.10 Å². The van der Waals surface area contributed by atoms with Crippen LogP contribution >= 0.6 is 0 Å². The van der Waals surface area contributed by atoms with Crippen molar-refractivity contribution in [3.05, 3.63) is 6.54 Å². The monoisotopic (exact) mass is 150 g/mol. The Bertz CT molecular complexity index is 151. The van der Waals surface area contributed by atoms with Crippen LogP contribution in [-0.4, -0.2) is 24.4 Å². The van der Waals surface area contributed by atoms with Crippen LogP contribution in [0.4, 0.5) is 13.2 Å². The van der Waals surface area contributed by atoms with Crippen molar-refractivity contribution in [1.82, 2.24) is 5.01 Å². The maximum atomic E-state index is 11.8. The summed E-state index contributed by atoms with van der Waals surface area (Å²) < 4.78 is 35.3. The molecular weight excluding hydrogens is 145 g/mol. The Morgan fingerprint density at radius 2 is 2.20 bits per heavy atom. The fraction of sp³-hybridized carbons (Fsp3) is 0.600. The second-order valence-corrected chi connectivity index (χ2v) is 1.97. The van der Waals surface area contributed by atoms with Crippen molar-refractivity contribution in [3.63, 3.8) is 0 Å². The third-order valence-electron chi connectivity index (χ3n) is 1.07. The van der Waals surface area contributed by atoms with Crippen LogP contribution in [0.3, 0.4) is 0 Å². The third kappa shape index (κ3) is 1.40. The fourth-order valence-corrected chi connectivity index (χ4v) is 0.593. The highest BCUT2D eigenvalue weighted by Gasteiger charge is 2.42. The Kier molecular flexibility index (Phi) is 1.58. The molecule has 1 rings (SSSR count). The minimum Gasteiger partial charge on any atom is -0.294 e. The van der Waals surface area contributed by atoms with Gasteiger partial charge >= 0.3 is 6.18 Å². The molecule has 1 heterocycles. The zero-order valence-electron chi connectivity index (χ0n) is 5.18. The predicted molar refractivity (Wildman–Crippen MR) is 29.0 cm³/mol. The highest BCUT2D eigenvalue weighted by atomic mass is 19.4. The molecule has 1 aliphatic heterocycles. The highest BCUT2D eigenvalue weighted by Crippen LogP contribution is 2.30. The molecule has 0 saturated carbocycles. The SMILES string of the molecule is CN1[CH]C(C(F)(F)F)[C]=N1. The molecule has 0 bridgehead atoms. The minimum absolute atomic E-state index is 0.958. The summed E-state index contributed by atoms with van der Waals surface area (Å²) in [5.41, 5.74) is 0. The van der Waals surface area contributed by atoms with E-state index in [4.69, 9.17) is 0 Å². The molecule has 1 unspecified atom stereocenters. The summed E-state index contributed by atoms with van der Waals surface area (Å²) in [5.74, 6) is -1.63. The van der Waals surface area contributed by atoms with Gasteiger partial charge in [0.25, 0.3) is 0 Å². The zero-order chi connectivity index (χ0) is 7.78. The normalized spacial score (nSPS) is 26.0. The molecule has 0 spiro atoms. The first-order valence-electron chi connectivity index (χ1n) is 2.61. The van der Waals surface area contributed by atoms with E-state index in [9.17, 15) is 13.2 Å². The predicted octanol–water partition coefficient (Wildman–Crippen LogP) is 1.13. The van der Waals surface area contributed by atoms with Crippen LogP contribution in [0.5, 0.6) is 0 Å². The van der Waals surface area contributed by atoms with Gasteiger partial charge in [0.15, 0.2) is 0 Å². The van der Waals surface area contributed by atoms with Crippen LogP contribution in [0.1, 0.15) is 0 Å². The van der Waals surface area contributed by atoms with E-state index >= 15 is 0 Å². The summed E-state index contributed by atoms with van der Waals surface area (Å²) >= 11 is 0. The van der Waals surface area contributed by atoms with Crippen LogP contribution in [0.25, 0.3) is 0 Å². The van der Waals surface area contributed by atoms with Gasteiger partial charge in [-0.1, -0.05) is 0 Å². The average Bonchev–Trinajstić information content (AvgIpc) is 2.11. The fourth-order valence-electron chi connectivity index (χ4n) is 0.593. The molecule has 0 aromatic carbocycles. The van der Waals surface area contributed by atoms with Crippen LogP contribution < -0.4 is 0 Å². The van der Waals surface area contributed by atoms with Gasteiger partial charge in [0.05, 0.1) is 12.8 Å². The first kappa shape index (κ1) is 7.37. The van der Waals surface area contributed by atoms with Crippen molar-refractivity contribution < 1.29 is 13.2 Å². The molecule has 0 aromatic rings. The summed E-state index contributed by atoms with van der Waals surface area (Å²) in [6.07, 6.45) is -2.33. The number of alkyl halides is 3. The second-order valence-electron chi connectivity index (χ2n) is 1.97. The van der Waals surface area contributed by atoms with E-state index < -0.39 is 12.1 Å². The summed E-state index contributed by atoms with van der Waals surface area (Å²) in [4.78, 5) is 0. The Labute approximate surface area is 56.3 Å². The molecule has 0 fully saturated rings. The lowest BCUT2D eigenvalue weighted by Gasteiger charge is -2.11. The molecular formula is C5H5F3N2. The standard InChI is InChI=1S/C5H5F3N2/c1-10-3-4(2-9-10)5(6,7)8/h3-4H,1H3. The van der Waals surface area contributed by atoms with Crippen molar-refractivity contribution >= 4 is 6.21 Å². The number of hydrogen-bond acceptors (Lipinski definition) is 2. The number of halogens is 3. The Balaban J connectivity index is 2.55. The van der Waals surface area contributed by atoms with Gasteiger partial charge in [-0.2, -0.15) is 18.3 Å². The number of hydrogen-bond donors (Lipinski definition) is 0. The topological polar surface area (TPSA) is 15.6 Å². The molecule has 0 aromatic heterocycles. The van der Waals surface area contributed by atoms with E-state index in [0.29, 0.717) is 0 Å². The Morgan fingerprint density at radius 1 is 1.60 bits per heavy atom. The summed E-state index contributed by atoms with van der Waals surface area (Å²) in [7, 11) is 1.43. The number of hydrazone groups is 1. The maximum absolute atomic E-state index is 11.8. The lowest BCUT2D eigenvalue weighted by Crippen LogP contribution is -2.24. The highest BCUT2D eigenvalue weighted by molar-refractivity contribution is 5.65. The van der Waals surface area contributed by atoms with Gasteiger partial charge in [0.1, 0.15) is 5.92 Å². The molecule has 1 aliphatic rings. The molecule has 0 N–H and O–H groups in total. The van der Waals surface area contributed by atoms with Gasteiger partial charge in [-0.15, -0.1) is 0 Å². The van der Waals surface area contributed by atoms with Crippen molar-refractivity contribution in [3.8, 4) is 0 Å². The number of nitrogens with zero attached hydrogens (tertiary/aromatic N) is 2. The van der Waals surface area contributed by atoms with Crippen molar-refractivity contribution in [1.29, 1.82) is 0 Å². The molecule has 2 nitrogen and oxygen atoms in total. The quantitative estimate of drug-likeness (QED) is 0.505. The molecule has 1 atom stereocenters. The first-order valence-corrected chi connectivity index (χ1v) is 2.61. The Morgan fingerprint density at radius 3 is 2.40 bits per heavy atom. The molecule has 0 saturated heterocycles. The summed E-state index contributed by atoms with van der Waals surface area (Å²) in [6.45, 7) is 0.958. The van der Waals surface area contributed by atoms with Crippen LogP contribution in [0, 0.1) is 12.5 Å². The largest absolute Gasteiger partial charge is 0.399 e. The zero-order valence-corrected chi connectivity index (χ0v) is 5.18. The van der Waals surface area contributed by atoms with Gasteiger partial charge in [-0.25, -0.2) is 0 Å². The average molecular weight is 150 g/mol. The van der Waals surface area contributed by atoms with Crippen molar-refractivity contribution in [2.45, 2.75) is 6.18 Å². The molecule has 0 aliphatic carbocycles. The summed E-state index contributed by atoms with van der Waals surface area (Å²) in [6, 6.07) is 0. The van der Waals surface area contributed by atoms with E-state index in [-0.39, 0.29) is 0 Å². The van der Waals surface area contributed by atoms with Crippen LogP contribution in [-0.2, 0) is 0 Å². The van der Waals surface area contributed by atoms with Gasteiger partial charge in [0.2, 0.25) is 0 Å². The van der Waals surface area contributed by atoms with Crippen molar-refractivity contribution in [2.75, 3.05) is 7.05 Å². The summed E-state index contributed by atoms with van der Waals surface area (Å²) in [5, 5.41) is 4.39. The smallest absolute Gasteiger partial charge is 0.294 e. The van der Waals surface area contributed by atoms with E-state index in [1.165, 1.54) is 7.05 Å². The van der Waals surface area contributed by atoms with Crippen LogP contribution in [0.2, 0.25) is 0 Å². The van der Waals surface area contributed by atoms with E-state index in [1.54, 1.807) is 0 Å². The lowest BCUT2D eigenvalue weighted by molar-refractivity contribution is -0.147. The first-order chi connectivity index (χ1) is 4.50. The maximum Gasteiger partial charge on any atom is 0.399 e. The molecule has 10 heavy (non-hydrogen) atoms. The van der Waals surface area contributed by atoms with Gasteiger partial charge in [-0.3, -0.25) is 5.01 Å². The molecule has 2 radical (unpaired) electrons.